The van der Waals surface area contributed by atoms with Gasteiger partial charge in [-0.3, -0.25) is 0 Å². The van der Waals surface area contributed by atoms with Crippen LogP contribution < -0.4 is 0 Å². The third-order valence-electron chi connectivity index (χ3n) is 1.09. The lowest BCUT2D eigenvalue weighted by Crippen LogP contribution is -2.26. The number of ether oxygens (including phenoxy) is 1. The molecule has 0 bridgehead atoms. The van der Waals surface area contributed by atoms with Crippen LogP contribution in [0.1, 0.15) is 6.42 Å². The van der Waals surface area contributed by atoms with Crippen molar-refractivity contribution < 1.29 is 9.13 Å². The van der Waals surface area contributed by atoms with Gasteiger partial charge in [0.05, 0.1) is 18.0 Å². The summed E-state index contributed by atoms with van der Waals surface area (Å²) in [6.45, 7) is 1.98. The van der Waals surface area contributed by atoms with Gasteiger partial charge in [-0.1, -0.05) is 15.9 Å². The van der Waals surface area contributed by atoms with Gasteiger partial charge in [0, 0.05) is 6.42 Å². The molecule has 0 aromatic carbocycles. The largest absolute Gasteiger partial charge is 0.374 e. The van der Waals surface area contributed by atoms with Crippen molar-refractivity contribution in [3.05, 3.63) is 6.61 Å². The number of hydrogen-bond donors (Lipinski definition) is 0. The van der Waals surface area contributed by atoms with Gasteiger partial charge in [0.2, 0.25) is 0 Å². The van der Waals surface area contributed by atoms with Crippen LogP contribution in [0.15, 0.2) is 0 Å². The highest BCUT2D eigenvalue weighted by Gasteiger charge is 2.22. The van der Waals surface area contributed by atoms with E-state index in [9.17, 15) is 4.39 Å². The maximum absolute atomic E-state index is 12.4. The van der Waals surface area contributed by atoms with Crippen LogP contribution in [0.4, 0.5) is 4.39 Å². The lowest BCUT2D eigenvalue weighted by Gasteiger charge is -2.19. The molecule has 0 aliphatic carbocycles. The molecule has 8 heavy (non-hydrogen) atoms. The summed E-state index contributed by atoms with van der Waals surface area (Å²) < 4.78 is 17.3. The van der Waals surface area contributed by atoms with Crippen LogP contribution in [0.5, 0.6) is 0 Å². The second-order valence-corrected chi connectivity index (χ2v) is 2.94. The van der Waals surface area contributed by atoms with Crippen molar-refractivity contribution in [2.75, 3.05) is 6.61 Å². The Morgan fingerprint density at radius 1 is 1.75 bits per heavy atom. The summed E-state index contributed by atoms with van der Waals surface area (Å²) in [6.07, 6.45) is -0.348. The Balaban J connectivity index is 2.28. The van der Waals surface area contributed by atoms with E-state index in [2.05, 4.69) is 15.9 Å². The molecule has 0 saturated carbocycles. The third-order valence-corrected chi connectivity index (χ3v) is 1.93. The first kappa shape index (κ1) is 6.49. The summed E-state index contributed by atoms with van der Waals surface area (Å²) in [6, 6.07) is 0. The van der Waals surface area contributed by atoms with E-state index in [4.69, 9.17) is 4.74 Å². The zero-order valence-electron chi connectivity index (χ0n) is 4.31. The normalized spacial score (nSPS) is 39.8. The minimum atomic E-state index is -0.760. The van der Waals surface area contributed by atoms with Crippen molar-refractivity contribution in [3.8, 4) is 0 Å². The van der Waals surface area contributed by atoms with Crippen LogP contribution in [0.3, 0.4) is 0 Å². The number of rotatable bonds is 0. The fraction of sp³-hybridized carbons (Fsp3) is 0.800. The summed E-state index contributed by atoms with van der Waals surface area (Å²) in [7, 11) is 0. The number of halogens is 2. The van der Waals surface area contributed by atoms with E-state index in [1.807, 2.05) is 0 Å². The van der Waals surface area contributed by atoms with E-state index in [0.717, 1.165) is 0 Å². The zero-order chi connectivity index (χ0) is 5.98. The maximum Gasteiger partial charge on any atom is 0.117 e. The average Bonchev–Trinajstić information content (AvgIpc) is 1.77. The van der Waals surface area contributed by atoms with E-state index < -0.39 is 6.17 Å². The Labute approximate surface area is 56.3 Å². The minimum Gasteiger partial charge on any atom is -0.374 e. The standard InChI is InChI=1S/C5H7BrFO/c6-4-3-8-2-1-5(4)7/h2,4-5H,1,3H2. The topological polar surface area (TPSA) is 9.23 Å². The van der Waals surface area contributed by atoms with Crippen molar-refractivity contribution >= 4 is 15.9 Å². The molecule has 0 aromatic heterocycles. The van der Waals surface area contributed by atoms with E-state index in [-0.39, 0.29) is 4.83 Å². The van der Waals surface area contributed by atoms with Gasteiger partial charge in [0.25, 0.3) is 0 Å². The molecule has 1 fully saturated rings. The Kier molecular flexibility index (Phi) is 2.26. The highest BCUT2D eigenvalue weighted by molar-refractivity contribution is 9.09. The zero-order valence-corrected chi connectivity index (χ0v) is 5.90. The van der Waals surface area contributed by atoms with Gasteiger partial charge < -0.3 is 4.74 Å². The van der Waals surface area contributed by atoms with E-state index in [1.165, 1.54) is 6.61 Å². The molecule has 1 aliphatic heterocycles. The van der Waals surface area contributed by atoms with Crippen molar-refractivity contribution in [2.45, 2.75) is 17.4 Å². The molecule has 0 aromatic rings. The molecule has 1 saturated heterocycles. The Hall–Kier alpha value is 0.370. The Morgan fingerprint density at radius 3 is 2.88 bits per heavy atom. The van der Waals surface area contributed by atoms with Crippen molar-refractivity contribution in [1.29, 1.82) is 0 Å². The molecule has 0 spiro atoms. The second-order valence-electron chi connectivity index (χ2n) is 1.77. The Bertz CT molecular complexity index is 68.8. The summed E-state index contributed by atoms with van der Waals surface area (Å²) in [5.74, 6) is 0. The smallest absolute Gasteiger partial charge is 0.117 e. The van der Waals surface area contributed by atoms with Gasteiger partial charge in [0.15, 0.2) is 0 Å². The van der Waals surface area contributed by atoms with Crippen LogP contribution in [-0.2, 0) is 4.74 Å². The van der Waals surface area contributed by atoms with Crippen molar-refractivity contribution in [3.63, 3.8) is 0 Å². The van der Waals surface area contributed by atoms with Crippen molar-refractivity contribution in [1.82, 2.24) is 0 Å². The first-order valence-corrected chi connectivity index (χ1v) is 3.43. The molecule has 0 amide bonds. The first-order valence-electron chi connectivity index (χ1n) is 2.52. The predicted octanol–water partition coefficient (Wildman–Crippen LogP) is 1.67. The van der Waals surface area contributed by atoms with E-state index in [0.29, 0.717) is 13.0 Å². The fourth-order valence-corrected chi connectivity index (χ4v) is 0.940. The lowest BCUT2D eigenvalue weighted by molar-refractivity contribution is 0.109. The molecular weight excluding hydrogens is 175 g/mol. The van der Waals surface area contributed by atoms with Crippen molar-refractivity contribution in [2.24, 2.45) is 0 Å². The van der Waals surface area contributed by atoms with Crippen LogP contribution in [-0.4, -0.2) is 17.6 Å². The van der Waals surface area contributed by atoms with Gasteiger partial charge in [-0.05, 0) is 0 Å². The van der Waals surface area contributed by atoms with Crippen LogP contribution >= 0.6 is 15.9 Å². The lowest BCUT2D eigenvalue weighted by atomic mass is 10.2. The molecule has 1 radical (unpaired) electrons. The van der Waals surface area contributed by atoms with Gasteiger partial charge >= 0.3 is 0 Å². The fourth-order valence-electron chi connectivity index (χ4n) is 0.572. The molecule has 1 heterocycles. The van der Waals surface area contributed by atoms with Gasteiger partial charge in [-0.15, -0.1) is 0 Å². The molecular formula is C5H7BrFO. The molecule has 1 rings (SSSR count). The minimum absolute atomic E-state index is 0.104. The summed E-state index contributed by atoms with van der Waals surface area (Å²) in [5.41, 5.74) is 0. The second kappa shape index (κ2) is 2.78. The van der Waals surface area contributed by atoms with Gasteiger partial charge in [-0.2, -0.15) is 0 Å². The highest BCUT2D eigenvalue weighted by Crippen LogP contribution is 2.19. The molecule has 47 valence electrons. The summed E-state index contributed by atoms with van der Waals surface area (Å²) in [5, 5.41) is 0. The molecule has 2 unspecified atom stereocenters. The number of alkyl halides is 2. The quantitative estimate of drug-likeness (QED) is 0.517. The van der Waals surface area contributed by atoms with Crippen LogP contribution in [0, 0.1) is 6.61 Å². The molecule has 0 N–H and O–H groups in total. The Morgan fingerprint density at radius 2 is 2.50 bits per heavy atom. The monoisotopic (exact) mass is 181 g/mol. The van der Waals surface area contributed by atoms with E-state index in [1.54, 1.807) is 0 Å². The average molecular weight is 182 g/mol. The molecule has 3 heteroatoms. The van der Waals surface area contributed by atoms with Crippen LogP contribution in [0.2, 0.25) is 0 Å². The maximum atomic E-state index is 12.4. The molecule has 2 atom stereocenters. The predicted molar refractivity (Wildman–Crippen MR) is 32.5 cm³/mol. The number of hydrogen-bond acceptors (Lipinski definition) is 1. The highest BCUT2D eigenvalue weighted by atomic mass is 79.9. The molecule has 1 nitrogen and oxygen atoms in total. The summed E-state index contributed by atoms with van der Waals surface area (Å²) >= 11 is 3.13. The summed E-state index contributed by atoms with van der Waals surface area (Å²) in [4.78, 5) is -0.104. The third kappa shape index (κ3) is 1.42. The SMILES string of the molecule is FC1C[CH]OCC1Br. The van der Waals surface area contributed by atoms with Crippen LogP contribution in [0.25, 0.3) is 0 Å². The van der Waals surface area contributed by atoms with Gasteiger partial charge in [-0.25, -0.2) is 4.39 Å². The molecule has 1 aliphatic rings. The van der Waals surface area contributed by atoms with E-state index >= 15 is 0 Å². The van der Waals surface area contributed by atoms with Gasteiger partial charge in [0.1, 0.15) is 6.17 Å². The first-order chi connectivity index (χ1) is 3.80.